The minimum Gasteiger partial charge on any atom is -0.464 e. The number of carbonyl (C=O) groups excluding carboxylic acids is 1. The van der Waals surface area contributed by atoms with Crippen molar-refractivity contribution in [3.63, 3.8) is 0 Å². The minimum atomic E-state index is -0.974. The zero-order chi connectivity index (χ0) is 22.7. The van der Waals surface area contributed by atoms with E-state index >= 15 is 0 Å². The van der Waals surface area contributed by atoms with Crippen LogP contribution in [0.15, 0.2) is 77.8 Å². The number of carbonyl (C=O) groups is 1. The van der Waals surface area contributed by atoms with E-state index in [4.69, 9.17) is 19.2 Å². The summed E-state index contributed by atoms with van der Waals surface area (Å²) in [7, 11) is 0. The molecule has 0 bridgehead atoms. The smallest absolute Gasteiger partial charge is 0.331 e. The van der Waals surface area contributed by atoms with Crippen LogP contribution < -0.4 is 0 Å². The maximum atomic E-state index is 13.1. The van der Waals surface area contributed by atoms with Crippen LogP contribution in [-0.4, -0.2) is 53.5 Å². The topological polar surface area (TPSA) is 77.4 Å². The van der Waals surface area contributed by atoms with Crippen molar-refractivity contribution in [1.82, 2.24) is 0 Å². The van der Waals surface area contributed by atoms with Crippen LogP contribution >= 0.6 is 0 Å². The molecule has 0 spiro atoms. The zero-order valence-corrected chi connectivity index (χ0v) is 18.5. The van der Waals surface area contributed by atoms with E-state index < -0.39 is 35.9 Å². The van der Waals surface area contributed by atoms with Crippen LogP contribution in [0.5, 0.6) is 0 Å². The number of esters is 1. The highest BCUT2D eigenvalue weighted by Gasteiger charge is 2.50. The summed E-state index contributed by atoms with van der Waals surface area (Å²) in [6.07, 6.45) is 1.73. The average Bonchev–Trinajstić information content (AvgIpc) is 3.12. The number of benzene rings is 2. The van der Waals surface area contributed by atoms with Gasteiger partial charge in [-0.15, -0.1) is 0 Å². The van der Waals surface area contributed by atoms with E-state index in [1.165, 1.54) is 0 Å². The summed E-state index contributed by atoms with van der Waals surface area (Å²) in [5.74, 6) is -1.91. The summed E-state index contributed by atoms with van der Waals surface area (Å²) in [6, 6.07) is 18.5. The monoisotopic (exact) mass is 435 g/mol. The Kier molecular flexibility index (Phi) is 6.55. The molecule has 1 heterocycles. The van der Waals surface area contributed by atoms with E-state index in [2.05, 4.69) is 0 Å². The van der Waals surface area contributed by atoms with Crippen LogP contribution in [0.1, 0.15) is 31.9 Å². The van der Waals surface area contributed by atoms with Gasteiger partial charge >= 0.3 is 5.97 Å². The Morgan fingerprint density at radius 1 is 1.03 bits per heavy atom. The molecule has 0 unspecified atom stereocenters. The zero-order valence-electron chi connectivity index (χ0n) is 18.5. The van der Waals surface area contributed by atoms with Gasteiger partial charge in [0.2, 0.25) is 0 Å². The van der Waals surface area contributed by atoms with Crippen molar-refractivity contribution in [3.05, 3.63) is 83.9 Å². The van der Waals surface area contributed by atoms with E-state index in [0.717, 1.165) is 11.1 Å². The normalized spacial score (nSPS) is 26.8. The first kappa shape index (κ1) is 22.4. The van der Waals surface area contributed by atoms with Gasteiger partial charge in [-0.05, 0) is 20.8 Å². The molecule has 0 aromatic heterocycles. The SMILES string of the molecule is CCOC(=O)[C@@H](N=C(c1ccccc1)c1ccccc1)[C@H]1C=C[C@H]2OC(C)(C)O[C@H]2[C@@H]1O. The van der Waals surface area contributed by atoms with Crippen LogP contribution in [0.3, 0.4) is 0 Å². The lowest BCUT2D eigenvalue weighted by atomic mass is 9.83. The highest BCUT2D eigenvalue weighted by molar-refractivity contribution is 6.13. The van der Waals surface area contributed by atoms with Gasteiger partial charge in [-0.1, -0.05) is 72.8 Å². The molecule has 32 heavy (non-hydrogen) atoms. The van der Waals surface area contributed by atoms with Crippen LogP contribution in [0.4, 0.5) is 0 Å². The second kappa shape index (κ2) is 9.36. The molecular formula is C26H29NO5. The fourth-order valence-corrected chi connectivity index (χ4v) is 4.26. The highest BCUT2D eigenvalue weighted by Crippen LogP contribution is 2.37. The van der Waals surface area contributed by atoms with Crippen LogP contribution in [0.25, 0.3) is 0 Å². The van der Waals surface area contributed by atoms with Gasteiger partial charge in [0.05, 0.1) is 18.4 Å². The molecule has 2 aromatic rings. The number of hydrogen-bond acceptors (Lipinski definition) is 6. The van der Waals surface area contributed by atoms with Crippen LogP contribution in [0, 0.1) is 5.92 Å². The lowest BCUT2D eigenvalue weighted by Gasteiger charge is -2.33. The Bertz CT molecular complexity index is 944. The largest absolute Gasteiger partial charge is 0.464 e. The van der Waals surface area contributed by atoms with E-state index in [1.54, 1.807) is 13.0 Å². The number of aliphatic imine (C=N–C) groups is 1. The number of ether oxygens (including phenoxy) is 3. The third-order valence-electron chi connectivity index (χ3n) is 5.67. The second-order valence-corrected chi connectivity index (χ2v) is 8.42. The first-order chi connectivity index (χ1) is 15.4. The summed E-state index contributed by atoms with van der Waals surface area (Å²) in [5, 5.41) is 11.2. The number of hydrogen-bond donors (Lipinski definition) is 1. The molecule has 1 fully saturated rings. The first-order valence-electron chi connectivity index (χ1n) is 11.0. The van der Waals surface area contributed by atoms with Crippen molar-refractivity contribution in [3.8, 4) is 0 Å². The fraction of sp³-hybridized carbons (Fsp3) is 0.385. The predicted molar refractivity (Wildman–Crippen MR) is 121 cm³/mol. The van der Waals surface area contributed by atoms with Gasteiger partial charge in [-0.3, -0.25) is 4.99 Å². The number of aliphatic hydroxyl groups is 1. The summed E-state index contributed by atoms with van der Waals surface area (Å²) in [4.78, 5) is 18.0. The molecule has 0 radical (unpaired) electrons. The third-order valence-corrected chi connectivity index (χ3v) is 5.67. The van der Waals surface area contributed by atoms with Gasteiger partial charge in [0.25, 0.3) is 0 Å². The maximum absolute atomic E-state index is 13.1. The molecule has 0 amide bonds. The molecule has 6 heteroatoms. The van der Waals surface area contributed by atoms with Gasteiger partial charge < -0.3 is 19.3 Å². The van der Waals surface area contributed by atoms with Crippen molar-refractivity contribution in [1.29, 1.82) is 0 Å². The lowest BCUT2D eigenvalue weighted by Crippen LogP contribution is -2.48. The number of rotatable bonds is 6. The molecule has 1 aliphatic heterocycles. The number of fused-ring (bicyclic) bond motifs is 1. The summed E-state index contributed by atoms with van der Waals surface area (Å²) < 4.78 is 17.2. The van der Waals surface area contributed by atoms with Gasteiger partial charge in [-0.2, -0.15) is 0 Å². The number of nitrogens with zero attached hydrogens (tertiary/aromatic N) is 1. The molecule has 2 aromatic carbocycles. The van der Waals surface area contributed by atoms with Crippen LogP contribution in [-0.2, 0) is 19.0 Å². The van der Waals surface area contributed by atoms with E-state index in [-0.39, 0.29) is 12.7 Å². The van der Waals surface area contributed by atoms with Gasteiger partial charge in [0.1, 0.15) is 12.2 Å². The van der Waals surface area contributed by atoms with E-state index in [9.17, 15) is 9.90 Å². The van der Waals surface area contributed by atoms with Gasteiger partial charge in [0, 0.05) is 17.0 Å². The van der Waals surface area contributed by atoms with E-state index in [0.29, 0.717) is 5.71 Å². The minimum absolute atomic E-state index is 0.224. The molecule has 1 N–H and O–H groups in total. The summed E-state index contributed by atoms with van der Waals surface area (Å²) >= 11 is 0. The Labute approximate surface area is 188 Å². The average molecular weight is 436 g/mol. The van der Waals surface area contributed by atoms with Gasteiger partial charge in [0.15, 0.2) is 11.8 Å². The highest BCUT2D eigenvalue weighted by atomic mass is 16.8. The Balaban J connectivity index is 1.76. The molecular weight excluding hydrogens is 406 g/mol. The predicted octanol–water partition coefficient (Wildman–Crippen LogP) is 3.52. The quantitative estimate of drug-likeness (QED) is 0.427. The Morgan fingerprint density at radius 2 is 1.62 bits per heavy atom. The molecule has 2 aliphatic rings. The molecule has 5 atom stereocenters. The van der Waals surface area contributed by atoms with Crippen molar-refractivity contribution in [2.24, 2.45) is 10.9 Å². The molecule has 1 saturated heterocycles. The Morgan fingerprint density at radius 3 is 2.19 bits per heavy atom. The fourth-order valence-electron chi connectivity index (χ4n) is 4.26. The molecule has 6 nitrogen and oxygen atoms in total. The molecule has 4 rings (SSSR count). The third kappa shape index (κ3) is 4.67. The standard InChI is InChI=1S/C26H29NO5/c1-4-30-25(29)22(19-15-16-20-24(23(19)28)32-26(2,3)31-20)27-21(17-11-7-5-8-12-17)18-13-9-6-10-14-18/h5-16,19-20,22-24,28H,4H2,1-3H3/t19-,20-,22+,23-,24-/m1/s1. The molecule has 168 valence electrons. The van der Waals surface area contributed by atoms with E-state index in [1.807, 2.05) is 80.6 Å². The van der Waals surface area contributed by atoms with Crippen molar-refractivity contribution in [2.45, 2.75) is 50.9 Å². The molecule has 1 aliphatic carbocycles. The summed E-state index contributed by atoms with van der Waals surface area (Å²) in [6.45, 7) is 5.60. The van der Waals surface area contributed by atoms with Crippen molar-refractivity contribution >= 4 is 11.7 Å². The first-order valence-corrected chi connectivity index (χ1v) is 11.0. The van der Waals surface area contributed by atoms with Gasteiger partial charge in [-0.25, -0.2) is 4.79 Å². The van der Waals surface area contributed by atoms with Crippen molar-refractivity contribution in [2.75, 3.05) is 6.61 Å². The lowest BCUT2D eigenvalue weighted by molar-refractivity contribution is -0.158. The summed E-state index contributed by atoms with van der Waals surface area (Å²) in [5.41, 5.74) is 2.42. The number of aliphatic hydroxyl groups excluding tert-OH is 1. The molecule has 0 saturated carbocycles. The van der Waals surface area contributed by atoms with Crippen molar-refractivity contribution < 1.29 is 24.1 Å². The second-order valence-electron chi connectivity index (χ2n) is 8.42. The Hall–Kier alpha value is -2.80. The maximum Gasteiger partial charge on any atom is 0.331 e. The van der Waals surface area contributed by atoms with Crippen LogP contribution in [0.2, 0.25) is 0 Å².